The number of hydrogen-bond donors (Lipinski definition) is 1. The van der Waals surface area contributed by atoms with Crippen LogP contribution in [0, 0.1) is 0 Å². The Bertz CT molecular complexity index is 323. The molecule has 0 aliphatic carbocycles. The number of carbonyl (C=O) groups is 1. The van der Waals surface area contributed by atoms with Crippen LogP contribution in [0.15, 0.2) is 35.5 Å². The van der Waals surface area contributed by atoms with Crippen molar-refractivity contribution in [1.29, 1.82) is 0 Å². The van der Waals surface area contributed by atoms with Crippen molar-refractivity contribution < 1.29 is 14.7 Å². The highest BCUT2D eigenvalue weighted by Gasteiger charge is 2.10. The summed E-state index contributed by atoms with van der Waals surface area (Å²) in [5.74, 6) is -0.551. The summed E-state index contributed by atoms with van der Waals surface area (Å²) in [6, 6.07) is 8.34. The molecule has 0 unspecified atom stereocenters. The van der Waals surface area contributed by atoms with Gasteiger partial charge in [-0.1, -0.05) is 35.0 Å². The first kappa shape index (κ1) is 9.54. The second kappa shape index (κ2) is 4.47. The largest absolute Gasteiger partial charge is 0.421 e. The van der Waals surface area contributed by atoms with Crippen molar-refractivity contribution in [2.75, 3.05) is 0 Å². The van der Waals surface area contributed by atoms with E-state index in [-0.39, 0.29) is 0 Å². The molecule has 1 aromatic rings. The van der Waals surface area contributed by atoms with Crippen LogP contribution in [0.25, 0.3) is 0 Å². The number of carbonyl (C=O) groups excluding carboxylic acids is 1. The predicted octanol–water partition coefficient (Wildman–Crippen LogP) is 1.62. The zero-order valence-corrected chi connectivity index (χ0v) is 7.23. The van der Waals surface area contributed by atoms with Crippen molar-refractivity contribution in [2.45, 2.75) is 0 Å². The highest BCUT2D eigenvalue weighted by molar-refractivity contribution is 6.82. The Morgan fingerprint density at radius 2 is 2.00 bits per heavy atom. The molecule has 5 heteroatoms. The van der Waals surface area contributed by atoms with E-state index in [2.05, 4.69) is 5.16 Å². The molecule has 1 aromatic carbocycles. The first-order chi connectivity index (χ1) is 6.24. The van der Waals surface area contributed by atoms with Crippen LogP contribution in [0.1, 0.15) is 0 Å². The zero-order chi connectivity index (χ0) is 9.68. The minimum Gasteiger partial charge on any atom is -0.421 e. The van der Waals surface area contributed by atoms with Crippen molar-refractivity contribution in [1.82, 2.24) is 0 Å². The van der Waals surface area contributed by atoms with E-state index in [1.807, 2.05) is 0 Å². The molecule has 0 atom stereocenters. The molecule has 0 spiro atoms. The van der Waals surface area contributed by atoms with Gasteiger partial charge in [0, 0.05) is 0 Å². The first-order valence-corrected chi connectivity index (χ1v) is 3.76. The maximum Gasteiger partial charge on any atom is 0.377 e. The molecule has 0 aliphatic heterocycles. The maximum absolute atomic E-state index is 10.9. The van der Waals surface area contributed by atoms with Crippen LogP contribution < -0.4 is 4.74 Å². The highest BCUT2D eigenvalue weighted by atomic mass is 35.5. The van der Waals surface area contributed by atoms with Crippen LogP contribution in [0.2, 0.25) is 0 Å². The predicted molar refractivity (Wildman–Crippen MR) is 47.2 cm³/mol. The quantitative estimate of drug-likeness (QED) is 0.259. The van der Waals surface area contributed by atoms with E-state index < -0.39 is 11.1 Å². The van der Waals surface area contributed by atoms with Gasteiger partial charge in [0.05, 0.1) is 0 Å². The number of benzene rings is 1. The SMILES string of the molecule is O=C(Oc1ccccc1)C(Cl)=NO. The Morgan fingerprint density at radius 1 is 1.38 bits per heavy atom. The van der Waals surface area contributed by atoms with Crippen molar-refractivity contribution in [3.05, 3.63) is 30.3 Å². The van der Waals surface area contributed by atoms with Gasteiger partial charge in [-0.3, -0.25) is 0 Å². The van der Waals surface area contributed by atoms with Gasteiger partial charge in [0.2, 0.25) is 0 Å². The lowest BCUT2D eigenvalue weighted by atomic mass is 10.3. The van der Waals surface area contributed by atoms with E-state index >= 15 is 0 Å². The third kappa shape index (κ3) is 2.76. The number of para-hydroxylation sites is 1. The molecular formula is C8H6ClNO3. The molecule has 0 bridgehead atoms. The highest BCUT2D eigenvalue weighted by Crippen LogP contribution is 2.09. The second-order valence-corrected chi connectivity index (χ2v) is 2.45. The molecule has 68 valence electrons. The second-order valence-electron chi connectivity index (χ2n) is 2.09. The topological polar surface area (TPSA) is 58.9 Å². The standard InChI is InChI=1S/C8H6ClNO3/c9-7(10-12)8(11)13-6-4-2-1-3-5-6/h1-5,12H. The summed E-state index contributed by atoms with van der Waals surface area (Å²) in [5.41, 5.74) is 0. The van der Waals surface area contributed by atoms with Gasteiger partial charge in [0.1, 0.15) is 5.75 Å². The molecule has 0 saturated carbocycles. The molecule has 0 aliphatic rings. The summed E-state index contributed by atoms with van der Waals surface area (Å²) in [6.07, 6.45) is 0. The summed E-state index contributed by atoms with van der Waals surface area (Å²) in [7, 11) is 0. The third-order valence-corrected chi connectivity index (χ3v) is 1.44. The summed E-state index contributed by atoms with van der Waals surface area (Å²) in [6.45, 7) is 0. The van der Waals surface area contributed by atoms with Gasteiger partial charge in [-0.05, 0) is 12.1 Å². The molecule has 13 heavy (non-hydrogen) atoms. The van der Waals surface area contributed by atoms with Crippen LogP contribution >= 0.6 is 11.6 Å². The number of ether oxygens (including phenoxy) is 1. The fourth-order valence-corrected chi connectivity index (χ4v) is 0.717. The van der Waals surface area contributed by atoms with Gasteiger partial charge < -0.3 is 9.94 Å². The van der Waals surface area contributed by atoms with Crippen LogP contribution in [0.3, 0.4) is 0 Å². The lowest BCUT2D eigenvalue weighted by Gasteiger charge is -1.99. The van der Waals surface area contributed by atoms with E-state index in [1.54, 1.807) is 30.3 Å². The Labute approximate surface area is 79.4 Å². The lowest BCUT2D eigenvalue weighted by Crippen LogP contribution is -2.15. The van der Waals surface area contributed by atoms with Crippen molar-refractivity contribution in [3.63, 3.8) is 0 Å². The number of nitrogens with zero attached hydrogens (tertiary/aromatic N) is 1. The number of oxime groups is 1. The monoisotopic (exact) mass is 199 g/mol. The average Bonchev–Trinajstić information content (AvgIpc) is 2.18. The molecule has 0 saturated heterocycles. The molecular weight excluding hydrogens is 194 g/mol. The van der Waals surface area contributed by atoms with Crippen molar-refractivity contribution in [3.8, 4) is 5.75 Å². The Kier molecular flexibility index (Phi) is 3.28. The van der Waals surface area contributed by atoms with Crippen LogP contribution in [0.5, 0.6) is 5.75 Å². The molecule has 0 aromatic heterocycles. The number of esters is 1. The minimum atomic E-state index is -0.893. The van der Waals surface area contributed by atoms with Crippen LogP contribution in [0.4, 0.5) is 0 Å². The zero-order valence-electron chi connectivity index (χ0n) is 6.48. The van der Waals surface area contributed by atoms with Gasteiger partial charge in [-0.25, -0.2) is 4.79 Å². The van der Waals surface area contributed by atoms with Gasteiger partial charge in [0.25, 0.3) is 5.17 Å². The van der Waals surface area contributed by atoms with E-state index in [9.17, 15) is 4.79 Å². The summed E-state index contributed by atoms with van der Waals surface area (Å²) >= 11 is 5.19. The van der Waals surface area contributed by atoms with Gasteiger partial charge in [0.15, 0.2) is 0 Å². The fourth-order valence-electron chi connectivity index (χ4n) is 0.679. The Morgan fingerprint density at radius 3 is 2.54 bits per heavy atom. The molecule has 4 nitrogen and oxygen atoms in total. The summed E-state index contributed by atoms with van der Waals surface area (Å²) < 4.78 is 4.71. The summed E-state index contributed by atoms with van der Waals surface area (Å²) in [4.78, 5) is 10.9. The third-order valence-electron chi connectivity index (χ3n) is 1.21. The lowest BCUT2D eigenvalue weighted by molar-refractivity contribution is -0.126. The average molecular weight is 200 g/mol. The Hall–Kier alpha value is -1.55. The van der Waals surface area contributed by atoms with Gasteiger partial charge >= 0.3 is 5.97 Å². The van der Waals surface area contributed by atoms with Gasteiger partial charge in [-0.2, -0.15) is 0 Å². The van der Waals surface area contributed by atoms with Crippen molar-refractivity contribution in [2.24, 2.45) is 5.16 Å². The van der Waals surface area contributed by atoms with E-state index in [0.717, 1.165) is 0 Å². The van der Waals surface area contributed by atoms with E-state index in [1.165, 1.54) is 0 Å². The van der Waals surface area contributed by atoms with Crippen LogP contribution in [-0.2, 0) is 4.79 Å². The molecule has 0 amide bonds. The van der Waals surface area contributed by atoms with Crippen molar-refractivity contribution >= 4 is 22.7 Å². The number of hydrogen-bond acceptors (Lipinski definition) is 4. The Balaban J connectivity index is 2.66. The van der Waals surface area contributed by atoms with Crippen LogP contribution in [-0.4, -0.2) is 16.3 Å². The number of rotatable bonds is 2. The van der Waals surface area contributed by atoms with E-state index in [4.69, 9.17) is 21.5 Å². The van der Waals surface area contributed by atoms with Gasteiger partial charge in [-0.15, -0.1) is 0 Å². The smallest absolute Gasteiger partial charge is 0.377 e. The molecule has 1 N–H and O–H groups in total. The molecule has 0 radical (unpaired) electrons. The molecule has 1 rings (SSSR count). The number of halogens is 1. The minimum absolute atomic E-state index is 0.342. The first-order valence-electron chi connectivity index (χ1n) is 3.39. The van der Waals surface area contributed by atoms with E-state index in [0.29, 0.717) is 5.75 Å². The summed E-state index contributed by atoms with van der Waals surface area (Å²) in [5, 5.41) is 10.0. The maximum atomic E-state index is 10.9. The fraction of sp³-hybridized carbons (Fsp3) is 0. The molecule has 0 fully saturated rings. The molecule has 0 heterocycles. The normalized spacial score (nSPS) is 11.0.